The van der Waals surface area contributed by atoms with Crippen LogP contribution in [0.4, 0.5) is 0 Å². The molecule has 0 saturated carbocycles. The van der Waals surface area contributed by atoms with Gasteiger partial charge in [-0.05, 0) is 58.3 Å². The van der Waals surface area contributed by atoms with Gasteiger partial charge in [-0.25, -0.2) is 0 Å². The van der Waals surface area contributed by atoms with Crippen molar-refractivity contribution in [3.8, 4) is 5.75 Å². The van der Waals surface area contributed by atoms with Gasteiger partial charge in [-0.15, -0.1) is 0 Å². The average Bonchev–Trinajstić information content (AvgIpc) is 2.94. The first-order valence-electron chi connectivity index (χ1n) is 7.75. The van der Waals surface area contributed by atoms with E-state index in [9.17, 15) is 4.79 Å². The molecule has 0 spiro atoms. The number of nitrogens with zero attached hydrogens (tertiary/aromatic N) is 1. The summed E-state index contributed by atoms with van der Waals surface area (Å²) < 4.78 is 11.1. The molecule has 5 heteroatoms. The number of ether oxygens (including phenoxy) is 1. The van der Waals surface area contributed by atoms with Crippen molar-refractivity contribution < 1.29 is 13.9 Å². The van der Waals surface area contributed by atoms with Gasteiger partial charge in [0, 0.05) is 12.1 Å². The van der Waals surface area contributed by atoms with Crippen molar-refractivity contribution in [2.45, 2.75) is 19.9 Å². The molecule has 1 unspecified atom stereocenters. The lowest BCUT2D eigenvalue weighted by Crippen LogP contribution is -2.34. The van der Waals surface area contributed by atoms with E-state index in [1.807, 2.05) is 57.1 Å². The Morgan fingerprint density at radius 2 is 2.09 bits per heavy atom. The Balaban J connectivity index is 2.03. The first-order chi connectivity index (χ1) is 11.0. The molecule has 2 rings (SSSR count). The molecule has 2 aromatic rings. The van der Waals surface area contributed by atoms with Crippen molar-refractivity contribution >= 4 is 5.91 Å². The SMILES string of the molecule is CCOc1cccc(C(=O)NCC(c2ccc(C)o2)N(C)C)c1. The van der Waals surface area contributed by atoms with Gasteiger partial charge in [0.1, 0.15) is 17.3 Å². The number of likely N-dealkylation sites (N-methyl/N-ethyl adjacent to an activating group) is 1. The standard InChI is InChI=1S/C18H24N2O3/c1-5-22-15-8-6-7-14(11-15)18(21)19-12-16(20(3)4)17-10-9-13(2)23-17/h6-11,16H,5,12H2,1-4H3,(H,19,21). The lowest BCUT2D eigenvalue weighted by molar-refractivity contribution is 0.0938. The molecule has 0 saturated heterocycles. The molecule has 1 amide bonds. The Morgan fingerprint density at radius 1 is 1.30 bits per heavy atom. The molecule has 0 aliphatic carbocycles. The normalized spacial score (nSPS) is 12.2. The van der Waals surface area contributed by atoms with Crippen LogP contribution >= 0.6 is 0 Å². The van der Waals surface area contributed by atoms with Crippen LogP contribution in [0.25, 0.3) is 0 Å². The monoisotopic (exact) mass is 316 g/mol. The zero-order valence-corrected chi connectivity index (χ0v) is 14.1. The Labute approximate surface area is 137 Å². The molecular formula is C18H24N2O3. The summed E-state index contributed by atoms with van der Waals surface area (Å²) in [4.78, 5) is 14.4. The number of hydrogen-bond acceptors (Lipinski definition) is 4. The third-order valence-electron chi connectivity index (χ3n) is 3.58. The van der Waals surface area contributed by atoms with Crippen LogP contribution in [-0.2, 0) is 0 Å². The minimum atomic E-state index is -0.123. The van der Waals surface area contributed by atoms with Crippen molar-refractivity contribution in [2.75, 3.05) is 27.2 Å². The summed E-state index contributed by atoms with van der Waals surface area (Å²) in [5, 5.41) is 2.96. The number of furan rings is 1. The number of benzene rings is 1. The molecule has 1 aromatic heterocycles. The number of carbonyl (C=O) groups is 1. The zero-order valence-electron chi connectivity index (χ0n) is 14.1. The summed E-state index contributed by atoms with van der Waals surface area (Å²) >= 11 is 0. The van der Waals surface area contributed by atoms with Crippen LogP contribution in [0, 0.1) is 6.92 Å². The maximum atomic E-state index is 12.3. The van der Waals surface area contributed by atoms with Crippen molar-refractivity contribution in [3.63, 3.8) is 0 Å². The van der Waals surface area contributed by atoms with Gasteiger partial charge in [0.05, 0.1) is 12.6 Å². The fourth-order valence-electron chi connectivity index (χ4n) is 2.36. The lowest BCUT2D eigenvalue weighted by atomic mass is 10.1. The molecule has 5 nitrogen and oxygen atoms in total. The van der Waals surface area contributed by atoms with Gasteiger partial charge in [0.2, 0.25) is 0 Å². The molecule has 124 valence electrons. The fourth-order valence-corrected chi connectivity index (χ4v) is 2.36. The fraction of sp³-hybridized carbons (Fsp3) is 0.389. The Kier molecular flexibility index (Phi) is 5.82. The van der Waals surface area contributed by atoms with Crippen molar-refractivity contribution in [3.05, 3.63) is 53.5 Å². The summed E-state index contributed by atoms with van der Waals surface area (Å²) in [6.45, 7) is 4.87. The number of hydrogen-bond donors (Lipinski definition) is 1. The van der Waals surface area contributed by atoms with Crippen LogP contribution in [0.1, 0.15) is 34.8 Å². The third-order valence-corrected chi connectivity index (χ3v) is 3.58. The molecule has 1 N–H and O–H groups in total. The number of carbonyl (C=O) groups excluding carboxylic acids is 1. The van der Waals surface area contributed by atoms with E-state index < -0.39 is 0 Å². The quantitative estimate of drug-likeness (QED) is 0.853. The number of amides is 1. The second-order valence-electron chi connectivity index (χ2n) is 5.60. The molecule has 0 radical (unpaired) electrons. The van der Waals surface area contributed by atoms with Crippen LogP contribution in [0.5, 0.6) is 5.75 Å². The van der Waals surface area contributed by atoms with Crippen LogP contribution in [0.2, 0.25) is 0 Å². The van der Waals surface area contributed by atoms with E-state index in [0.29, 0.717) is 24.5 Å². The molecule has 0 bridgehead atoms. The first-order valence-corrected chi connectivity index (χ1v) is 7.75. The van der Waals surface area contributed by atoms with Crippen LogP contribution in [0.15, 0.2) is 40.8 Å². The average molecular weight is 316 g/mol. The Bertz CT molecular complexity index is 649. The minimum Gasteiger partial charge on any atom is -0.494 e. The largest absolute Gasteiger partial charge is 0.494 e. The molecule has 23 heavy (non-hydrogen) atoms. The second kappa shape index (κ2) is 7.83. The summed E-state index contributed by atoms with van der Waals surface area (Å²) in [6, 6.07) is 11.1. The number of rotatable bonds is 7. The first kappa shape index (κ1) is 17.1. The highest BCUT2D eigenvalue weighted by Gasteiger charge is 2.19. The smallest absolute Gasteiger partial charge is 0.251 e. The lowest BCUT2D eigenvalue weighted by Gasteiger charge is -2.22. The highest BCUT2D eigenvalue weighted by molar-refractivity contribution is 5.94. The van der Waals surface area contributed by atoms with Crippen LogP contribution in [0.3, 0.4) is 0 Å². The van der Waals surface area contributed by atoms with Gasteiger partial charge in [0.15, 0.2) is 0 Å². The van der Waals surface area contributed by atoms with E-state index >= 15 is 0 Å². The number of aryl methyl sites for hydroxylation is 1. The van der Waals surface area contributed by atoms with Gasteiger partial charge in [-0.1, -0.05) is 6.07 Å². The van der Waals surface area contributed by atoms with Gasteiger partial charge < -0.3 is 14.5 Å². The highest BCUT2D eigenvalue weighted by Crippen LogP contribution is 2.20. The van der Waals surface area contributed by atoms with E-state index in [-0.39, 0.29) is 11.9 Å². The highest BCUT2D eigenvalue weighted by atomic mass is 16.5. The predicted molar refractivity (Wildman–Crippen MR) is 89.8 cm³/mol. The van der Waals surface area contributed by atoms with Crippen molar-refractivity contribution in [1.82, 2.24) is 10.2 Å². The van der Waals surface area contributed by atoms with E-state index in [4.69, 9.17) is 9.15 Å². The maximum Gasteiger partial charge on any atom is 0.251 e. The van der Waals surface area contributed by atoms with E-state index in [2.05, 4.69) is 5.32 Å². The molecule has 0 aliphatic heterocycles. The van der Waals surface area contributed by atoms with E-state index in [1.165, 1.54) is 0 Å². The van der Waals surface area contributed by atoms with Crippen LogP contribution < -0.4 is 10.1 Å². The van der Waals surface area contributed by atoms with Crippen molar-refractivity contribution in [2.24, 2.45) is 0 Å². The zero-order chi connectivity index (χ0) is 16.8. The van der Waals surface area contributed by atoms with Gasteiger partial charge in [-0.2, -0.15) is 0 Å². The van der Waals surface area contributed by atoms with Gasteiger partial charge in [-0.3, -0.25) is 9.69 Å². The molecule has 0 fully saturated rings. The third kappa shape index (κ3) is 4.60. The molecular weight excluding hydrogens is 292 g/mol. The molecule has 0 aliphatic rings. The van der Waals surface area contributed by atoms with Gasteiger partial charge >= 0.3 is 0 Å². The Morgan fingerprint density at radius 3 is 2.70 bits per heavy atom. The van der Waals surface area contributed by atoms with E-state index in [1.54, 1.807) is 12.1 Å². The number of nitrogens with one attached hydrogen (secondary N) is 1. The second-order valence-corrected chi connectivity index (χ2v) is 5.60. The van der Waals surface area contributed by atoms with Gasteiger partial charge in [0.25, 0.3) is 5.91 Å². The summed E-state index contributed by atoms with van der Waals surface area (Å²) in [7, 11) is 3.93. The molecule has 1 heterocycles. The Hall–Kier alpha value is -2.27. The minimum absolute atomic E-state index is 0.0114. The topological polar surface area (TPSA) is 54.7 Å². The molecule has 1 aromatic carbocycles. The summed E-state index contributed by atoms with van der Waals surface area (Å²) in [5.41, 5.74) is 0.587. The molecule has 1 atom stereocenters. The van der Waals surface area contributed by atoms with Crippen LogP contribution in [-0.4, -0.2) is 38.1 Å². The maximum absolute atomic E-state index is 12.3. The summed E-state index contributed by atoms with van der Waals surface area (Å²) in [6.07, 6.45) is 0. The van der Waals surface area contributed by atoms with Crippen molar-refractivity contribution in [1.29, 1.82) is 0 Å². The summed E-state index contributed by atoms with van der Waals surface area (Å²) in [5.74, 6) is 2.28. The predicted octanol–water partition coefficient (Wildman–Crippen LogP) is 3.02. The van der Waals surface area contributed by atoms with E-state index in [0.717, 1.165) is 11.5 Å².